The lowest BCUT2D eigenvalue weighted by Gasteiger charge is -2.14. The van der Waals surface area contributed by atoms with Gasteiger partial charge < -0.3 is 21.1 Å². The Morgan fingerprint density at radius 1 is 0.638 bits per heavy atom. The van der Waals surface area contributed by atoms with Crippen molar-refractivity contribution in [2.45, 2.75) is 40.8 Å². The van der Waals surface area contributed by atoms with E-state index in [1.165, 1.54) is 38.1 Å². The van der Waals surface area contributed by atoms with Crippen molar-refractivity contribution < 1.29 is 82.2 Å². The molecule has 0 aliphatic heterocycles. The van der Waals surface area contributed by atoms with Crippen LogP contribution in [0.25, 0.3) is 0 Å². The number of nitrogens with zero attached hydrogens (tertiary/aromatic N) is 6. The van der Waals surface area contributed by atoms with E-state index in [1.807, 2.05) is 0 Å². The van der Waals surface area contributed by atoms with Crippen LogP contribution < -0.4 is 21.5 Å². The molecule has 0 spiro atoms. The van der Waals surface area contributed by atoms with E-state index in [9.17, 15) is 69.5 Å². The van der Waals surface area contributed by atoms with Gasteiger partial charge in [-0.25, -0.2) is 25.2 Å². The molecule has 69 heavy (non-hydrogen) atoms. The maximum Gasteiger partial charge on any atom is 0.397 e. The monoisotopic (exact) mass is 1080 g/mol. The van der Waals surface area contributed by atoms with Crippen molar-refractivity contribution in [3.05, 3.63) is 88.2 Å². The molecule has 0 saturated heterocycles. The maximum atomic E-state index is 13.0. The fraction of sp³-hybridized carbons (Fsp3) is 0.235. The number of rotatable bonds is 22. The van der Waals surface area contributed by atoms with Crippen LogP contribution in [0, 0.1) is 6.92 Å². The predicted octanol–water partition coefficient (Wildman–Crippen LogP) is 2.53. The third-order valence-corrected chi connectivity index (χ3v) is 14.7. The first-order valence-electron chi connectivity index (χ1n) is 18.7. The van der Waals surface area contributed by atoms with Crippen molar-refractivity contribution in [1.82, 2.24) is 19.5 Å². The van der Waals surface area contributed by atoms with Gasteiger partial charge in [-0.05, 0) is 74.0 Å². The minimum atomic E-state index is -5.08. The number of pyridine rings is 1. The molecule has 2 aromatic heterocycles. The molecule has 5 aromatic rings. The van der Waals surface area contributed by atoms with Crippen molar-refractivity contribution in [1.29, 1.82) is 0 Å². The second kappa shape index (κ2) is 20.9. The molecule has 0 bridgehead atoms. The summed E-state index contributed by atoms with van der Waals surface area (Å²) in [4.78, 5) is 24.1. The lowest BCUT2D eigenvalue weighted by atomic mass is 10.1. The molecule has 2 heterocycles. The van der Waals surface area contributed by atoms with E-state index >= 15 is 0 Å². The van der Waals surface area contributed by atoms with Crippen LogP contribution in [-0.2, 0) is 81.4 Å². The Balaban J connectivity index is 1.58. The van der Waals surface area contributed by atoms with Gasteiger partial charge in [-0.1, -0.05) is 12.1 Å². The van der Waals surface area contributed by atoms with E-state index in [2.05, 4.69) is 49.5 Å². The molecule has 29 nitrogen and oxygen atoms in total. The number of aromatic nitrogens is 4. The third-order valence-electron chi connectivity index (χ3n) is 8.87. The Bertz CT molecular complexity index is 3460. The van der Waals surface area contributed by atoms with Crippen LogP contribution in [0.15, 0.2) is 96.4 Å². The molecule has 0 unspecified atom stereocenters. The van der Waals surface area contributed by atoms with Crippen LogP contribution in [-0.4, -0.2) is 118 Å². The predicted molar refractivity (Wildman–Crippen MR) is 240 cm³/mol. The number of azo groups is 1. The molecule has 0 amide bonds. The molecule has 3 aromatic carbocycles. The van der Waals surface area contributed by atoms with Gasteiger partial charge in [0.15, 0.2) is 19.7 Å². The van der Waals surface area contributed by atoms with Crippen molar-refractivity contribution in [2.24, 2.45) is 10.2 Å². The van der Waals surface area contributed by atoms with Crippen LogP contribution in [0.2, 0.25) is 0 Å². The number of benzene rings is 3. The summed E-state index contributed by atoms with van der Waals surface area (Å²) in [5, 5.41) is 26.8. The Morgan fingerprint density at radius 2 is 1.09 bits per heavy atom. The first kappa shape index (κ1) is 53.8. The molecule has 374 valence electrons. The summed E-state index contributed by atoms with van der Waals surface area (Å²) in [7, 11) is -28.3. The standard InChI is InChI=1S/C34H37N9O20S6/c1-3-43-30(44)26(19-66(50,51)52)20(2)29(31(43)45)42-41-27-18-23(10-11-28(27)67(53,54)55)37-34-39-32(35-21-6-4-8-24(16-21)64(46,47)14-12-62-68(56,57)58)38-33(40-34)36-22-7-5-9-25(17-22)65(48,49)15-13-63-69(59,60)61/h4-11,16-18,45H,3,12-15,19H2,1-2H3,(H,50,51,52)(H,53,54,55)(H,56,57,58)(H,59,60,61)(H3,35,36,37,38,39,40). The summed E-state index contributed by atoms with van der Waals surface area (Å²) in [5.41, 5.74) is -3.00. The third kappa shape index (κ3) is 15.2. The quantitative estimate of drug-likeness (QED) is 0.0364. The molecule has 0 aliphatic carbocycles. The lowest BCUT2D eigenvalue weighted by molar-refractivity contribution is 0.282. The summed E-state index contributed by atoms with van der Waals surface area (Å²) in [6, 6.07) is 12.7. The van der Waals surface area contributed by atoms with E-state index in [1.54, 1.807) is 0 Å². The number of aromatic hydroxyl groups is 1. The van der Waals surface area contributed by atoms with Gasteiger partial charge in [0.25, 0.3) is 25.8 Å². The van der Waals surface area contributed by atoms with Gasteiger partial charge in [-0.3, -0.25) is 27.6 Å². The first-order valence-corrected chi connectivity index (χ1v) is 27.8. The molecule has 0 radical (unpaired) electrons. The van der Waals surface area contributed by atoms with Crippen LogP contribution in [0.4, 0.5) is 46.3 Å². The van der Waals surface area contributed by atoms with Crippen LogP contribution in [0.5, 0.6) is 5.88 Å². The molecule has 5 rings (SSSR count). The molecule has 0 aliphatic rings. The highest BCUT2D eigenvalue weighted by atomic mass is 32.3. The minimum absolute atomic E-state index is 0.00276. The summed E-state index contributed by atoms with van der Waals surface area (Å²) in [6.07, 6.45) is 0. The SMILES string of the molecule is CCn1c(O)c(N=Nc2cc(Nc3nc(Nc4cccc(S(=O)(=O)CCOS(=O)(=O)O)c4)nc(Nc4cccc(S(=O)(=O)CCOS(=O)(=O)O)c4)n3)ccc2S(=O)(=O)O)c(C)c(CS(=O)(=O)O)c1=O. The van der Waals surface area contributed by atoms with Crippen molar-refractivity contribution in [3.8, 4) is 5.88 Å². The molecule has 35 heteroatoms. The lowest BCUT2D eigenvalue weighted by Crippen LogP contribution is -2.26. The Morgan fingerprint density at radius 3 is 1.49 bits per heavy atom. The Labute approximate surface area is 392 Å². The number of nitrogens with one attached hydrogen (secondary N) is 3. The molecular weight excluding hydrogens is 1050 g/mol. The van der Waals surface area contributed by atoms with Crippen molar-refractivity contribution in [2.75, 3.05) is 40.7 Å². The summed E-state index contributed by atoms with van der Waals surface area (Å²) >= 11 is 0. The summed E-state index contributed by atoms with van der Waals surface area (Å²) in [6.45, 7) is 0.502. The maximum absolute atomic E-state index is 13.0. The molecule has 0 saturated carbocycles. The largest absolute Gasteiger partial charge is 0.493 e. The van der Waals surface area contributed by atoms with Gasteiger partial charge >= 0.3 is 20.8 Å². The summed E-state index contributed by atoms with van der Waals surface area (Å²) < 4.78 is 190. The molecule has 8 N–H and O–H groups in total. The molecule has 0 atom stereocenters. The van der Waals surface area contributed by atoms with Crippen molar-refractivity contribution in [3.63, 3.8) is 0 Å². The highest BCUT2D eigenvalue weighted by molar-refractivity contribution is 7.91. The van der Waals surface area contributed by atoms with Crippen LogP contribution >= 0.6 is 0 Å². The van der Waals surface area contributed by atoms with Crippen molar-refractivity contribution >= 4 is 107 Å². The first-order chi connectivity index (χ1) is 31.8. The summed E-state index contributed by atoms with van der Waals surface area (Å²) in [5.74, 6) is -4.89. The van der Waals surface area contributed by atoms with Crippen LogP contribution in [0.3, 0.4) is 0 Å². The minimum Gasteiger partial charge on any atom is -0.493 e. The average molecular weight is 1080 g/mol. The van der Waals surface area contributed by atoms with E-state index in [-0.39, 0.29) is 50.9 Å². The van der Waals surface area contributed by atoms with Gasteiger partial charge in [0.05, 0.1) is 34.5 Å². The zero-order valence-corrected chi connectivity index (χ0v) is 40.0. The zero-order valence-electron chi connectivity index (χ0n) is 35.1. The fourth-order valence-corrected chi connectivity index (χ4v) is 10.2. The Hall–Kier alpha value is -6.12. The van der Waals surface area contributed by atoms with Gasteiger partial charge in [-0.15, -0.1) is 10.2 Å². The molecular formula is C34H37N9O20S6. The normalized spacial score (nSPS) is 12.8. The zero-order chi connectivity index (χ0) is 51.3. The highest BCUT2D eigenvalue weighted by Crippen LogP contribution is 2.36. The highest BCUT2D eigenvalue weighted by Gasteiger charge is 2.24. The average Bonchev–Trinajstić information content (AvgIpc) is 3.21. The Kier molecular flexibility index (Phi) is 16.3. The van der Waals surface area contributed by atoms with Gasteiger partial charge in [0.1, 0.15) is 22.0 Å². The van der Waals surface area contributed by atoms with Gasteiger partial charge in [0, 0.05) is 29.2 Å². The van der Waals surface area contributed by atoms with Gasteiger partial charge in [-0.2, -0.15) is 48.6 Å². The number of hydrogen-bond donors (Lipinski definition) is 8. The number of hydrogen-bond acceptors (Lipinski definition) is 24. The van der Waals surface area contributed by atoms with Crippen LogP contribution in [0.1, 0.15) is 18.1 Å². The van der Waals surface area contributed by atoms with E-state index in [4.69, 9.17) is 9.11 Å². The smallest absolute Gasteiger partial charge is 0.397 e. The number of anilines is 6. The topological polar surface area (TPSA) is 446 Å². The molecule has 0 fully saturated rings. The number of sulfone groups is 2. The second-order valence-electron chi connectivity index (χ2n) is 13.8. The fourth-order valence-electron chi connectivity index (χ4n) is 5.82. The van der Waals surface area contributed by atoms with E-state index in [0.29, 0.717) is 4.57 Å². The van der Waals surface area contributed by atoms with E-state index < -0.39 is 130 Å². The second-order valence-corrected chi connectivity index (χ2v) is 23.0. The van der Waals surface area contributed by atoms with E-state index in [0.717, 1.165) is 42.5 Å². The van der Waals surface area contributed by atoms with Gasteiger partial charge in [0.2, 0.25) is 23.7 Å².